The van der Waals surface area contributed by atoms with Crippen LogP contribution in [0.15, 0.2) is 41.0 Å². The number of carboxylic acids is 1. The minimum absolute atomic E-state index is 0.168. The van der Waals surface area contributed by atoms with Crippen molar-refractivity contribution in [3.63, 3.8) is 0 Å². The second kappa shape index (κ2) is 6.30. The van der Waals surface area contributed by atoms with Crippen molar-refractivity contribution >= 4 is 16.7 Å². The molecule has 1 aromatic heterocycles. The molecule has 0 unspecified atom stereocenters. The molecule has 1 aliphatic heterocycles. The second-order valence-corrected chi connectivity index (χ2v) is 7.36. The lowest BCUT2D eigenvalue weighted by molar-refractivity contribution is -0.136. The van der Waals surface area contributed by atoms with E-state index in [-0.39, 0.29) is 24.4 Å². The minimum atomic E-state index is -0.950. The highest BCUT2D eigenvalue weighted by Gasteiger charge is 2.32. The third kappa shape index (κ3) is 3.47. The van der Waals surface area contributed by atoms with Gasteiger partial charge in [-0.05, 0) is 44.2 Å². The lowest BCUT2D eigenvalue weighted by atomic mass is 10.0. The van der Waals surface area contributed by atoms with Crippen molar-refractivity contribution in [2.45, 2.75) is 38.9 Å². The number of carboxylic acid groups (broad SMARTS) is 1. The van der Waals surface area contributed by atoms with Crippen LogP contribution in [0.5, 0.6) is 11.5 Å². The van der Waals surface area contributed by atoms with Crippen molar-refractivity contribution in [2.24, 2.45) is 0 Å². The molecular weight excluding hydrogens is 351 g/mol. The Kier molecular flexibility index (Phi) is 4.06. The largest absolute Gasteiger partial charge is 0.489 e. The van der Waals surface area contributed by atoms with E-state index < -0.39 is 5.97 Å². The fourth-order valence-corrected chi connectivity index (χ4v) is 3.47. The van der Waals surface area contributed by atoms with Gasteiger partial charge in [0.2, 0.25) is 0 Å². The molecule has 5 nitrogen and oxygen atoms in total. The number of furan rings is 1. The predicted octanol–water partition coefficient (Wildman–Crippen LogP) is 4.49. The minimum Gasteiger partial charge on any atom is -0.489 e. The highest BCUT2D eigenvalue weighted by atomic mass is 19.1. The van der Waals surface area contributed by atoms with E-state index in [0.717, 1.165) is 16.3 Å². The molecular formula is C21H19FO5. The van der Waals surface area contributed by atoms with Crippen molar-refractivity contribution in [1.29, 1.82) is 0 Å². The average Bonchev–Trinajstić information content (AvgIpc) is 3.11. The number of benzene rings is 2. The van der Waals surface area contributed by atoms with Crippen molar-refractivity contribution in [3.8, 4) is 11.5 Å². The van der Waals surface area contributed by atoms with Gasteiger partial charge in [-0.3, -0.25) is 4.79 Å². The van der Waals surface area contributed by atoms with Gasteiger partial charge in [-0.2, -0.15) is 0 Å². The quantitative estimate of drug-likeness (QED) is 0.717. The Bertz CT molecular complexity index is 1030. The summed E-state index contributed by atoms with van der Waals surface area (Å²) in [5.41, 5.74) is 1.15. The first-order valence-electron chi connectivity index (χ1n) is 8.66. The highest BCUT2D eigenvalue weighted by molar-refractivity contribution is 5.88. The molecule has 0 bridgehead atoms. The summed E-state index contributed by atoms with van der Waals surface area (Å²) in [5, 5.41) is 10.4. The summed E-state index contributed by atoms with van der Waals surface area (Å²) in [6.07, 6.45) is 1.98. The van der Waals surface area contributed by atoms with Crippen LogP contribution < -0.4 is 9.47 Å². The molecule has 0 spiro atoms. The summed E-state index contributed by atoms with van der Waals surface area (Å²) in [6.45, 7) is 4.11. The van der Waals surface area contributed by atoms with E-state index in [1.807, 2.05) is 13.8 Å². The Morgan fingerprint density at radius 3 is 2.89 bits per heavy atom. The molecule has 6 heteroatoms. The molecule has 3 aromatic rings. The van der Waals surface area contributed by atoms with E-state index >= 15 is 0 Å². The number of fused-ring (bicyclic) bond motifs is 2. The Balaban J connectivity index is 1.55. The van der Waals surface area contributed by atoms with E-state index in [9.17, 15) is 9.18 Å². The number of carbonyl (C=O) groups is 1. The monoisotopic (exact) mass is 370 g/mol. The molecule has 0 radical (unpaired) electrons. The first kappa shape index (κ1) is 17.4. The Labute approximate surface area is 155 Å². The molecule has 0 saturated carbocycles. The molecule has 0 amide bonds. The summed E-state index contributed by atoms with van der Waals surface area (Å²) in [4.78, 5) is 10.9. The van der Waals surface area contributed by atoms with Crippen LogP contribution in [-0.4, -0.2) is 16.7 Å². The first-order valence-corrected chi connectivity index (χ1v) is 8.66. The molecule has 1 aliphatic rings. The third-order valence-electron chi connectivity index (χ3n) is 4.56. The Hall–Kier alpha value is -3.02. The van der Waals surface area contributed by atoms with Crippen LogP contribution in [-0.2, 0) is 24.2 Å². The number of hydrogen-bond donors (Lipinski definition) is 1. The molecule has 0 saturated heterocycles. The van der Waals surface area contributed by atoms with E-state index in [0.29, 0.717) is 29.2 Å². The van der Waals surface area contributed by atoms with Gasteiger partial charge in [0.15, 0.2) is 0 Å². The Morgan fingerprint density at radius 1 is 1.30 bits per heavy atom. The van der Waals surface area contributed by atoms with Crippen LogP contribution >= 0.6 is 0 Å². The topological polar surface area (TPSA) is 68.9 Å². The van der Waals surface area contributed by atoms with E-state index in [2.05, 4.69) is 0 Å². The fraction of sp³-hybridized carbons (Fsp3) is 0.286. The Morgan fingerprint density at radius 2 is 2.11 bits per heavy atom. The maximum absolute atomic E-state index is 13.9. The van der Waals surface area contributed by atoms with Crippen LogP contribution in [0.3, 0.4) is 0 Å². The summed E-state index contributed by atoms with van der Waals surface area (Å²) in [5.74, 6) is 0.421. The van der Waals surface area contributed by atoms with E-state index in [4.69, 9.17) is 19.0 Å². The number of hydrogen-bond acceptors (Lipinski definition) is 4. The second-order valence-electron chi connectivity index (χ2n) is 7.36. The fourth-order valence-electron chi connectivity index (χ4n) is 3.47. The molecule has 2 aromatic carbocycles. The van der Waals surface area contributed by atoms with Crippen LogP contribution in [0.2, 0.25) is 0 Å². The SMILES string of the molecule is CC1(C)Cc2cc(F)cc(COc3ccc4c(CC(=O)O)occ4c3)c2O1. The maximum Gasteiger partial charge on any atom is 0.311 e. The summed E-state index contributed by atoms with van der Waals surface area (Å²) in [6, 6.07) is 8.22. The summed E-state index contributed by atoms with van der Waals surface area (Å²) < 4.78 is 31.1. The molecule has 0 aliphatic carbocycles. The molecule has 4 rings (SSSR count). The average molecular weight is 370 g/mol. The third-order valence-corrected chi connectivity index (χ3v) is 4.56. The molecule has 27 heavy (non-hydrogen) atoms. The zero-order valence-electron chi connectivity index (χ0n) is 15.0. The van der Waals surface area contributed by atoms with Crippen molar-refractivity contribution in [3.05, 3.63) is 59.3 Å². The van der Waals surface area contributed by atoms with Crippen LogP contribution in [0.25, 0.3) is 10.8 Å². The zero-order valence-corrected chi connectivity index (χ0v) is 15.0. The number of aliphatic carboxylic acids is 1. The molecule has 140 valence electrons. The normalized spacial score (nSPS) is 14.8. The van der Waals surface area contributed by atoms with Gasteiger partial charge in [0.1, 0.15) is 41.7 Å². The van der Waals surface area contributed by atoms with Crippen molar-refractivity contribution < 1.29 is 28.2 Å². The van der Waals surface area contributed by atoms with Gasteiger partial charge in [0, 0.05) is 28.3 Å². The predicted molar refractivity (Wildman–Crippen MR) is 96.7 cm³/mol. The van der Waals surface area contributed by atoms with Gasteiger partial charge in [-0.15, -0.1) is 0 Å². The molecule has 1 N–H and O–H groups in total. The van der Waals surface area contributed by atoms with Gasteiger partial charge in [-0.25, -0.2) is 4.39 Å². The van der Waals surface area contributed by atoms with Crippen LogP contribution in [0.1, 0.15) is 30.7 Å². The summed E-state index contributed by atoms with van der Waals surface area (Å²) in [7, 11) is 0. The molecule has 0 atom stereocenters. The van der Waals surface area contributed by atoms with E-state index in [1.54, 1.807) is 18.2 Å². The van der Waals surface area contributed by atoms with Gasteiger partial charge >= 0.3 is 5.97 Å². The molecule has 0 fully saturated rings. The lowest BCUT2D eigenvalue weighted by Gasteiger charge is -2.18. The van der Waals surface area contributed by atoms with Gasteiger partial charge in [0.05, 0.1) is 6.26 Å². The van der Waals surface area contributed by atoms with Crippen LogP contribution in [0.4, 0.5) is 4.39 Å². The van der Waals surface area contributed by atoms with Gasteiger partial charge in [-0.1, -0.05) is 0 Å². The van der Waals surface area contributed by atoms with Gasteiger partial charge < -0.3 is 19.0 Å². The van der Waals surface area contributed by atoms with Gasteiger partial charge in [0.25, 0.3) is 0 Å². The maximum atomic E-state index is 13.9. The van der Waals surface area contributed by atoms with Crippen molar-refractivity contribution in [2.75, 3.05) is 0 Å². The first-order chi connectivity index (χ1) is 12.8. The van der Waals surface area contributed by atoms with Crippen LogP contribution in [0, 0.1) is 5.82 Å². The lowest BCUT2D eigenvalue weighted by Crippen LogP contribution is -2.25. The number of rotatable bonds is 5. The molecule has 2 heterocycles. The van der Waals surface area contributed by atoms with Crippen molar-refractivity contribution in [1.82, 2.24) is 0 Å². The zero-order chi connectivity index (χ0) is 19.2. The standard InChI is InChI=1S/C21H19FO5/c1-21(2)9-12-5-15(22)6-14(20(12)27-21)11-25-16-3-4-17-13(7-16)10-26-18(17)8-19(23)24/h3-7,10H,8-9,11H2,1-2H3,(H,23,24). The highest BCUT2D eigenvalue weighted by Crippen LogP contribution is 2.39. The summed E-state index contributed by atoms with van der Waals surface area (Å²) >= 11 is 0. The number of ether oxygens (including phenoxy) is 2. The smallest absolute Gasteiger partial charge is 0.311 e. The number of halogens is 1. The van der Waals surface area contributed by atoms with E-state index in [1.165, 1.54) is 18.4 Å².